The lowest BCUT2D eigenvalue weighted by molar-refractivity contribution is -0.119. The van der Waals surface area contributed by atoms with Gasteiger partial charge in [-0.1, -0.05) is 0 Å². The summed E-state index contributed by atoms with van der Waals surface area (Å²) in [5.41, 5.74) is 5.48. The van der Waals surface area contributed by atoms with E-state index in [2.05, 4.69) is 15.3 Å². The Balaban J connectivity index is 2.41. The van der Waals surface area contributed by atoms with Crippen molar-refractivity contribution in [3.8, 4) is 5.75 Å². The third-order valence-corrected chi connectivity index (χ3v) is 3.33. The van der Waals surface area contributed by atoms with Gasteiger partial charge in [0.15, 0.2) is 11.6 Å². The number of nitrogens with one attached hydrogen (secondary N) is 1. The number of aromatic nitrogens is 2. The van der Waals surface area contributed by atoms with Crippen LogP contribution < -0.4 is 20.7 Å². The smallest absolute Gasteiger partial charge is 0.240 e. The summed E-state index contributed by atoms with van der Waals surface area (Å²) in [6.45, 7) is 0.740. The second-order valence-corrected chi connectivity index (χ2v) is 4.44. The van der Waals surface area contributed by atoms with Gasteiger partial charge in [-0.05, 0) is 19.3 Å². The molecule has 0 aromatic carbocycles. The van der Waals surface area contributed by atoms with Crippen molar-refractivity contribution in [2.45, 2.75) is 25.3 Å². The summed E-state index contributed by atoms with van der Waals surface area (Å²) >= 11 is 0. The van der Waals surface area contributed by atoms with E-state index >= 15 is 0 Å². The molecule has 1 aliphatic heterocycles. The number of nitrogens with two attached hydrogens (primary N) is 1. The van der Waals surface area contributed by atoms with Gasteiger partial charge in [0.1, 0.15) is 12.4 Å². The van der Waals surface area contributed by atoms with Crippen molar-refractivity contribution in [2.75, 3.05) is 30.9 Å². The molecule has 0 spiro atoms. The van der Waals surface area contributed by atoms with E-state index in [0.29, 0.717) is 17.4 Å². The van der Waals surface area contributed by atoms with Crippen molar-refractivity contribution in [3.63, 3.8) is 0 Å². The molecule has 0 bridgehead atoms. The molecule has 0 radical (unpaired) electrons. The number of methoxy groups -OCH3 is 1. The van der Waals surface area contributed by atoms with Crippen LogP contribution in [0.1, 0.15) is 19.3 Å². The lowest BCUT2D eigenvalue weighted by atomic mass is 10.0. The Morgan fingerprint density at radius 2 is 2.32 bits per heavy atom. The van der Waals surface area contributed by atoms with Crippen molar-refractivity contribution in [1.29, 1.82) is 0 Å². The molecule has 0 saturated carbocycles. The molecule has 1 fully saturated rings. The van der Waals surface area contributed by atoms with E-state index in [1.165, 1.54) is 6.33 Å². The van der Waals surface area contributed by atoms with E-state index in [9.17, 15) is 4.79 Å². The van der Waals surface area contributed by atoms with Crippen LogP contribution in [-0.2, 0) is 4.79 Å². The van der Waals surface area contributed by atoms with E-state index in [0.717, 1.165) is 25.8 Å². The highest BCUT2D eigenvalue weighted by atomic mass is 16.5. The summed E-state index contributed by atoms with van der Waals surface area (Å²) in [6.07, 6.45) is 4.20. The summed E-state index contributed by atoms with van der Waals surface area (Å²) in [5, 5.41) is 2.95. The monoisotopic (exact) mass is 265 g/mol. The summed E-state index contributed by atoms with van der Waals surface area (Å²) in [4.78, 5) is 21.8. The van der Waals surface area contributed by atoms with Gasteiger partial charge < -0.3 is 20.7 Å². The SMILES string of the molecule is CNc1ncnc(N2CCCCC2C(N)=O)c1OC. The molecule has 1 unspecified atom stereocenters. The average Bonchev–Trinajstić information content (AvgIpc) is 2.46. The Bertz CT molecular complexity index is 465. The van der Waals surface area contributed by atoms with Crippen LogP contribution in [0.5, 0.6) is 5.75 Å². The van der Waals surface area contributed by atoms with Gasteiger partial charge in [-0.2, -0.15) is 0 Å². The van der Waals surface area contributed by atoms with Gasteiger partial charge in [-0.3, -0.25) is 4.79 Å². The Hall–Kier alpha value is -2.05. The van der Waals surface area contributed by atoms with Crippen LogP contribution in [0, 0.1) is 0 Å². The van der Waals surface area contributed by atoms with E-state index in [4.69, 9.17) is 10.5 Å². The molecule has 3 N–H and O–H groups in total. The predicted octanol–water partition coefficient (Wildman–Crippen LogP) is 0.371. The number of piperidine rings is 1. The molecule has 1 aromatic heterocycles. The van der Waals surface area contributed by atoms with Gasteiger partial charge >= 0.3 is 0 Å². The number of anilines is 2. The molecule has 19 heavy (non-hydrogen) atoms. The molecule has 2 heterocycles. The van der Waals surface area contributed by atoms with Gasteiger partial charge in [0.25, 0.3) is 0 Å². The number of amides is 1. The quantitative estimate of drug-likeness (QED) is 0.817. The number of carbonyl (C=O) groups excluding carboxylic acids is 1. The standard InChI is InChI=1S/C12H19N5O2/c1-14-11-9(19-2)12(16-7-15-11)17-6-4-3-5-8(17)10(13)18/h7-8H,3-6H2,1-2H3,(H2,13,18)(H,14,15,16). The van der Waals surface area contributed by atoms with Crippen LogP contribution >= 0.6 is 0 Å². The minimum absolute atomic E-state index is 0.327. The first-order chi connectivity index (χ1) is 9.19. The fourth-order valence-electron chi connectivity index (χ4n) is 2.42. The van der Waals surface area contributed by atoms with Crippen molar-refractivity contribution in [1.82, 2.24) is 9.97 Å². The first kappa shape index (κ1) is 13.4. The number of hydrogen-bond acceptors (Lipinski definition) is 6. The zero-order chi connectivity index (χ0) is 13.8. The predicted molar refractivity (Wildman–Crippen MR) is 72.3 cm³/mol. The first-order valence-corrected chi connectivity index (χ1v) is 6.31. The number of hydrogen-bond donors (Lipinski definition) is 2. The van der Waals surface area contributed by atoms with Crippen LogP contribution in [0.4, 0.5) is 11.6 Å². The summed E-state index contributed by atoms with van der Waals surface area (Å²) in [5.74, 6) is 1.43. The maximum absolute atomic E-state index is 11.6. The highest BCUT2D eigenvalue weighted by molar-refractivity contribution is 5.84. The molecule has 1 aromatic rings. The summed E-state index contributed by atoms with van der Waals surface area (Å²) in [7, 11) is 3.32. The molecular formula is C12H19N5O2. The van der Waals surface area contributed by atoms with Crippen molar-refractivity contribution in [2.24, 2.45) is 5.73 Å². The van der Waals surface area contributed by atoms with Crippen molar-refractivity contribution < 1.29 is 9.53 Å². The van der Waals surface area contributed by atoms with Gasteiger partial charge in [-0.25, -0.2) is 9.97 Å². The first-order valence-electron chi connectivity index (χ1n) is 6.31. The summed E-state index contributed by atoms with van der Waals surface area (Å²) in [6, 6.07) is -0.331. The third-order valence-electron chi connectivity index (χ3n) is 3.33. The fourth-order valence-corrected chi connectivity index (χ4v) is 2.42. The molecule has 1 aliphatic rings. The number of ether oxygens (including phenoxy) is 1. The van der Waals surface area contributed by atoms with Crippen LogP contribution in [0.25, 0.3) is 0 Å². The maximum Gasteiger partial charge on any atom is 0.240 e. The van der Waals surface area contributed by atoms with Gasteiger partial charge in [-0.15, -0.1) is 0 Å². The molecule has 0 aliphatic carbocycles. The van der Waals surface area contributed by atoms with Crippen molar-refractivity contribution in [3.05, 3.63) is 6.33 Å². The molecule has 7 heteroatoms. The Kier molecular flexibility index (Phi) is 4.03. The van der Waals surface area contributed by atoms with Crippen molar-refractivity contribution >= 4 is 17.5 Å². The van der Waals surface area contributed by atoms with Gasteiger partial charge in [0.2, 0.25) is 11.7 Å². The van der Waals surface area contributed by atoms with E-state index in [1.807, 2.05) is 4.90 Å². The topological polar surface area (TPSA) is 93.4 Å². The van der Waals surface area contributed by atoms with E-state index in [1.54, 1.807) is 14.2 Å². The second-order valence-electron chi connectivity index (χ2n) is 4.44. The van der Waals surface area contributed by atoms with Crippen LogP contribution in [0.15, 0.2) is 6.33 Å². The average molecular weight is 265 g/mol. The zero-order valence-corrected chi connectivity index (χ0v) is 11.2. The molecular weight excluding hydrogens is 246 g/mol. The minimum atomic E-state index is -0.331. The number of carbonyl (C=O) groups is 1. The zero-order valence-electron chi connectivity index (χ0n) is 11.2. The third kappa shape index (κ3) is 2.54. The largest absolute Gasteiger partial charge is 0.490 e. The molecule has 1 saturated heterocycles. The number of primary amides is 1. The van der Waals surface area contributed by atoms with Crippen LogP contribution in [0.2, 0.25) is 0 Å². The Labute approximate surface area is 112 Å². The maximum atomic E-state index is 11.6. The van der Waals surface area contributed by atoms with Gasteiger partial charge in [0.05, 0.1) is 7.11 Å². The van der Waals surface area contributed by atoms with Gasteiger partial charge in [0, 0.05) is 13.6 Å². The fraction of sp³-hybridized carbons (Fsp3) is 0.583. The number of nitrogens with zero attached hydrogens (tertiary/aromatic N) is 3. The van der Waals surface area contributed by atoms with Crippen LogP contribution in [-0.4, -0.2) is 42.6 Å². The lowest BCUT2D eigenvalue weighted by Crippen LogP contribution is -2.48. The summed E-state index contributed by atoms with van der Waals surface area (Å²) < 4.78 is 5.37. The van der Waals surface area contributed by atoms with E-state index < -0.39 is 0 Å². The lowest BCUT2D eigenvalue weighted by Gasteiger charge is -2.35. The molecule has 1 atom stereocenters. The van der Waals surface area contributed by atoms with E-state index in [-0.39, 0.29) is 11.9 Å². The Morgan fingerprint density at radius 3 is 2.95 bits per heavy atom. The molecule has 2 rings (SSSR count). The highest BCUT2D eigenvalue weighted by Gasteiger charge is 2.30. The molecule has 104 valence electrons. The Morgan fingerprint density at radius 1 is 1.53 bits per heavy atom. The number of rotatable bonds is 4. The molecule has 1 amide bonds. The normalized spacial score (nSPS) is 19.1. The minimum Gasteiger partial charge on any atom is -0.490 e. The second kappa shape index (κ2) is 5.73. The highest BCUT2D eigenvalue weighted by Crippen LogP contribution is 2.34. The molecule has 7 nitrogen and oxygen atoms in total. The van der Waals surface area contributed by atoms with Crippen LogP contribution in [0.3, 0.4) is 0 Å².